The fraction of sp³-hybridized carbons (Fsp3) is 0.318. The van der Waals surface area contributed by atoms with E-state index in [9.17, 15) is 18.8 Å². The van der Waals surface area contributed by atoms with E-state index in [0.29, 0.717) is 38.2 Å². The number of para-hydroxylation sites is 1. The van der Waals surface area contributed by atoms with E-state index in [0.717, 1.165) is 10.5 Å². The fourth-order valence-electron chi connectivity index (χ4n) is 3.71. The van der Waals surface area contributed by atoms with E-state index in [4.69, 9.17) is 0 Å². The predicted octanol–water partition coefficient (Wildman–Crippen LogP) is 2.79. The van der Waals surface area contributed by atoms with Crippen molar-refractivity contribution >= 4 is 35.2 Å². The zero-order valence-electron chi connectivity index (χ0n) is 16.3. The van der Waals surface area contributed by atoms with Crippen LogP contribution in [0.25, 0.3) is 0 Å². The number of thioether (sulfide) groups is 1. The minimum Gasteiger partial charge on any atom is -0.352 e. The van der Waals surface area contributed by atoms with Crippen molar-refractivity contribution in [1.29, 1.82) is 0 Å². The van der Waals surface area contributed by atoms with Gasteiger partial charge in [0.05, 0.1) is 11.6 Å². The van der Waals surface area contributed by atoms with Crippen LogP contribution in [0.3, 0.4) is 0 Å². The van der Waals surface area contributed by atoms with E-state index in [1.54, 1.807) is 17.0 Å². The Morgan fingerprint density at radius 2 is 1.93 bits per heavy atom. The van der Waals surface area contributed by atoms with Crippen LogP contribution in [-0.4, -0.2) is 41.0 Å². The van der Waals surface area contributed by atoms with Crippen molar-refractivity contribution in [2.24, 2.45) is 5.92 Å². The van der Waals surface area contributed by atoms with Gasteiger partial charge in [-0.15, -0.1) is 11.8 Å². The van der Waals surface area contributed by atoms with Gasteiger partial charge in [0.15, 0.2) is 5.25 Å². The molecule has 0 unspecified atom stereocenters. The molecule has 3 amide bonds. The van der Waals surface area contributed by atoms with Gasteiger partial charge in [0, 0.05) is 24.5 Å². The van der Waals surface area contributed by atoms with Gasteiger partial charge in [-0.3, -0.25) is 14.4 Å². The number of hydrogen-bond acceptors (Lipinski definition) is 4. The molecule has 0 spiro atoms. The molecule has 1 saturated heterocycles. The number of rotatable bonds is 4. The zero-order valence-corrected chi connectivity index (χ0v) is 17.1. The van der Waals surface area contributed by atoms with Gasteiger partial charge in [-0.25, -0.2) is 4.39 Å². The molecule has 6 nitrogen and oxygen atoms in total. The van der Waals surface area contributed by atoms with Crippen LogP contribution in [0.15, 0.2) is 53.4 Å². The number of likely N-dealkylation sites (tertiary alicyclic amines) is 1. The number of piperidine rings is 1. The second-order valence-electron chi connectivity index (χ2n) is 7.45. The summed E-state index contributed by atoms with van der Waals surface area (Å²) in [6.45, 7) is 1.13. The molecule has 2 aliphatic heterocycles. The Balaban J connectivity index is 1.36. The third-order valence-corrected chi connectivity index (χ3v) is 6.60. The number of benzene rings is 2. The summed E-state index contributed by atoms with van der Waals surface area (Å²) in [5, 5.41) is 4.81. The smallest absolute Gasteiger partial charge is 0.247 e. The van der Waals surface area contributed by atoms with Crippen molar-refractivity contribution in [1.82, 2.24) is 10.2 Å². The second-order valence-corrected chi connectivity index (χ2v) is 8.60. The van der Waals surface area contributed by atoms with Crippen molar-refractivity contribution < 1.29 is 18.8 Å². The number of carbonyl (C=O) groups is 3. The van der Waals surface area contributed by atoms with Crippen LogP contribution < -0.4 is 10.6 Å². The van der Waals surface area contributed by atoms with Crippen LogP contribution in [0.1, 0.15) is 18.4 Å². The maximum Gasteiger partial charge on any atom is 0.247 e. The first-order chi connectivity index (χ1) is 14.5. The van der Waals surface area contributed by atoms with Crippen molar-refractivity contribution in [3.8, 4) is 0 Å². The second kappa shape index (κ2) is 8.87. The Hall–Kier alpha value is -2.87. The molecule has 2 aromatic rings. The van der Waals surface area contributed by atoms with E-state index >= 15 is 0 Å². The molecule has 1 fully saturated rings. The highest BCUT2D eigenvalue weighted by Gasteiger charge is 2.38. The molecule has 2 N–H and O–H groups in total. The lowest BCUT2D eigenvalue weighted by Crippen LogP contribution is -2.50. The number of anilines is 1. The summed E-state index contributed by atoms with van der Waals surface area (Å²) in [6, 6.07) is 13.4. The average molecular weight is 428 g/mol. The third-order valence-electron chi connectivity index (χ3n) is 5.34. The standard InChI is InChI=1S/C22H22FN3O3S/c23-16-9-7-14(8-10-16)12-24-20(27)15-4-3-11-26(13-15)22(29)19-21(28)25-17-5-1-2-6-18(17)30-19/h1-2,5-10,15,19H,3-4,11-13H2,(H,24,27)(H,25,28)/t15-,19+/m1/s1. The molecule has 2 atom stereocenters. The minimum atomic E-state index is -0.846. The van der Waals surface area contributed by atoms with Crippen molar-refractivity contribution in [3.63, 3.8) is 0 Å². The molecule has 30 heavy (non-hydrogen) atoms. The lowest BCUT2D eigenvalue weighted by Gasteiger charge is -2.35. The van der Waals surface area contributed by atoms with Crippen molar-refractivity contribution in [2.45, 2.75) is 29.5 Å². The van der Waals surface area contributed by atoms with Crippen LogP contribution in [-0.2, 0) is 20.9 Å². The van der Waals surface area contributed by atoms with E-state index in [-0.39, 0.29) is 29.5 Å². The number of carbonyl (C=O) groups excluding carboxylic acids is 3. The SMILES string of the molecule is O=C(NCc1ccc(F)cc1)[C@@H]1CCCN(C(=O)[C@H]2Sc3ccccc3NC2=O)C1. The van der Waals surface area contributed by atoms with E-state index < -0.39 is 5.25 Å². The minimum absolute atomic E-state index is 0.136. The Morgan fingerprint density at radius 1 is 1.17 bits per heavy atom. The number of amides is 3. The van der Waals surface area contributed by atoms with E-state index in [1.807, 2.05) is 24.3 Å². The number of nitrogens with one attached hydrogen (secondary N) is 2. The molecule has 156 valence electrons. The van der Waals surface area contributed by atoms with Gasteiger partial charge in [0.2, 0.25) is 17.7 Å². The van der Waals surface area contributed by atoms with Crippen molar-refractivity contribution in [3.05, 3.63) is 59.9 Å². The summed E-state index contributed by atoms with van der Waals surface area (Å²) >= 11 is 1.25. The Kier molecular flexibility index (Phi) is 6.03. The summed E-state index contributed by atoms with van der Waals surface area (Å²) in [6.07, 6.45) is 1.39. The molecule has 8 heteroatoms. The maximum absolute atomic E-state index is 13.0. The third kappa shape index (κ3) is 4.48. The number of hydrogen-bond donors (Lipinski definition) is 2. The van der Waals surface area contributed by atoms with Gasteiger partial charge in [0.1, 0.15) is 5.82 Å². The van der Waals surface area contributed by atoms with Crippen molar-refractivity contribution in [2.75, 3.05) is 18.4 Å². The average Bonchev–Trinajstić information content (AvgIpc) is 2.77. The van der Waals surface area contributed by atoms with Crippen LogP contribution in [0.4, 0.5) is 10.1 Å². The van der Waals surface area contributed by atoms with E-state index in [2.05, 4.69) is 10.6 Å². The van der Waals surface area contributed by atoms with Gasteiger partial charge in [-0.1, -0.05) is 24.3 Å². The monoisotopic (exact) mass is 427 g/mol. The molecule has 4 rings (SSSR count). The van der Waals surface area contributed by atoms with Crippen LogP contribution in [0.5, 0.6) is 0 Å². The lowest BCUT2D eigenvalue weighted by atomic mass is 9.96. The first-order valence-electron chi connectivity index (χ1n) is 9.89. The van der Waals surface area contributed by atoms with Crippen LogP contribution >= 0.6 is 11.8 Å². The van der Waals surface area contributed by atoms with Crippen LogP contribution in [0, 0.1) is 11.7 Å². The quantitative estimate of drug-likeness (QED) is 0.736. The fourth-order valence-corrected chi connectivity index (χ4v) is 4.78. The molecule has 2 heterocycles. The largest absolute Gasteiger partial charge is 0.352 e. The van der Waals surface area contributed by atoms with Gasteiger partial charge in [-0.2, -0.15) is 0 Å². The van der Waals surface area contributed by atoms with Gasteiger partial charge in [0.25, 0.3) is 0 Å². The van der Waals surface area contributed by atoms with Crippen LogP contribution in [0.2, 0.25) is 0 Å². The highest BCUT2D eigenvalue weighted by atomic mass is 32.2. The molecule has 0 radical (unpaired) electrons. The summed E-state index contributed by atoms with van der Waals surface area (Å²) in [4.78, 5) is 40.6. The Morgan fingerprint density at radius 3 is 2.73 bits per heavy atom. The zero-order chi connectivity index (χ0) is 21.1. The lowest BCUT2D eigenvalue weighted by molar-refractivity contribution is -0.137. The van der Waals surface area contributed by atoms with E-state index in [1.165, 1.54) is 23.9 Å². The number of nitrogens with zero attached hydrogens (tertiary/aromatic N) is 1. The molecule has 0 aromatic heterocycles. The van der Waals surface area contributed by atoms with Gasteiger partial charge < -0.3 is 15.5 Å². The highest BCUT2D eigenvalue weighted by Crippen LogP contribution is 2.36. The molecule has 2 aromatic carbocycles. The summed E-state index contributed by atoms with van der Waals surface area (Å²) < 4.78 is 13.0. The highest BCUT2D eigenvalue weighted by molar-refractivity contribution is 8.01. The molecule has 0 bridgehead atoms. The Bertz CT molecular complexity index is 966. The van der Waals surface area contributed by atoms with Gasteiger partial charge in [-0.05, 0) is 42.7 Å². The molecular weight excluding hydrogens is 405 g/mol. The summed E-state index contributed by atoms with van der Waals surface area (Å²) in [5.74, 6) is -1.37. The predicted molar refractivity (Wildman–Crippen MR) is 112 cm³/mol. The summed E-state index contributed by atoms with van der Waals surface area (Å²) in [5.41, 5.74) is 1.52. The molecular formula is C22H22FN3O3S. The first kappa shape index (κ1) is 20.4. The molecule has 0 aliphatic carbocycles. The normalized spacial score (nSPS) is 20.8. The summed E-state index contributed by atoms with van der Waals surface area (Å²) in [7, 11) is 0. The topological polar surface area (TPSA) is 78.5 Å². The molecule has 2 aliphatic rings. The number of fused-ring (bicyclic) bond motifs is 1. The van der Waals surface area contributed by atoms with Gasteiger partial charge >= 0.3 is 0 Å². The Labute approximate surface area is 178 Å². The number of halogens is 1. The molecule has 0 saturated carbocycles. The first-order valence-corrected chi connectivity index (χ1v) is 10.8. The maximum atomic E-state index is 13.0.